The maximum absolute atomic E-state index is 12.2. The van der Waals surface area contributed by atoms with E-state index in [1.54, 1.807) is 12.1 Å². The van der Waals surface area contributed by atoms with Crippen LogP contribution in [0.1, 0.15) is 42.6 Å². The monoisotopic (exact) mass is 298 g/mol. The van der Waals surface area contributed by atoms with Crippen LogP contribution in [0, 0.1) is 6.92 Å². The molecule has 0 aliphatic carbocycles. The molecule has 0 aliphatic rings. The molecule has 0 bridgehead atoms. The van der Waals surface area contributed by atoms with Gasteiger partial charge in [-0.05, 0) is 25.1 Å². The SMILES string of the molecule is Cc1ccc2oc(C(=O)Nc3cc(C(C)(C)C)on3)cc2c1. The average Bonchev–Trinajstić information content (AvgIpc) is 3.03. The van der Waals surface area contributed by atoms with Crippen LogP contribution < -0.4 is 5.32 Å². The maximum atomic E-state index is 12.2. The van der Waals surface area contributed by atoms with Crippen molar-refractivity contribution in [1.82, 2.24) is 5.16 Å². The number of furan rings is 1. The second-order valence-electron chi connectivity index (χ2n) is 6.43. The smallest absolute Gasteiger partial charge is 0.292 e. The number of carbonyl (C=O) groups excluding carboxylic acids is 1. The van der Waals surface area contributed by atoms with E-state index in [0.29, 0.717) is 17.2 Å². The Balaban J connectivity index is 1.82. The van der Waals surface area contributed by atoms with E-state index in [4.69, 9.17) is 8.94 Å². The van der Waals surface area contributed by atoms with Gasteiger partial charge in [-0.1, -0.05) is 37.6 Å². The Morgan fingerprint density at radius 1 is 1.18 bits per heavy atom. The number of fused-ring (bicyclic) bond motifs is 1. The first-order valence-electron chi connectivity index (χ1n) is 7.12. The number of benzene rings is 1. The van der Waals surface area contributed by atoms with Crippen molar-refractivity contribution in [3.63, 3.8) is 0 Å². The van der Waals surface area contributed by atoms with Crippen LogP contribution in [0.2, 0.25) is 0 Å². The Morgan fingerprint density at radius 3 is 2.64 bits per heavy atom. The highest BCUT2D eigenvalue weighted by Crippen LogP contribution is 2.25. The molecule has 1 N–H and O–H groups in total. The van der Waals surface area contributed by atoms with Crippen molar-refractivity contribution in [2.45, 2.75) is 33.1 Å². The number of rotatable bonds is 2. The fourth-order valence-corrected chi connectivity index (χ4v) is 2.14. The van der Waals surface area contributed by atoms with E-state index in [2.05, 4.69) is 10.5 Å². The van der Waals surface area contributed by atoms with Crippen molar-refractivity contribution >= 4 is 22.7 Å². The van der Waals surface area contributed by atoms with Gasteiger partial charge in [-0.15, -0.1) is 0 Å². The van der Waals surface area contributed by atoms with Gasteiger partial charge >= 0.3 is 0 Å². The minimum atomic E-state index is -0.345. The third-order valence-electron chi connectivity index (χ3n) is 3.39. The summed E-state index contributed by atoms with van der Waals surface area (Å²) >= 11 is 0. The van der Waals surface area contributed by atoms with Crippen LogP contribution in [0.15, 0.2) is 39.3 Å². The fraction of sp³-hybridized carbons (Fsp3) is 0.294. The van der Waals surface area contributed by atoms with Gasteiger partial charge in [0.2, 0.25) is 0 Å². The molecule has 22 heavy (non-hydrogen) atoms. The normalized spacial score (nSPS) is 11.8. The van der Waals surface area contributed by atoms with Crippen molar-refractivity contribution < 1.29 is 13.7 Å². The number of hydrogen-bond acceptors (Lipinski definition) is 4. The summed E-state index contributed by atoms with van der Waals surface area (Å²) in [4.78, 5) is 12.2. The van der Waals surface area contributed by atoms with Gasteiger partial charge in [0, 0.05) is 16.9 Å². The molecule has 0 saturated heterocycles. The average molecular weight is 298 g/mol. The predicted octanol–water partition coefficient (Wildman–Crippen LogP) is 4.28. The molecule has 0 saturated carbocycles. The number of nitrogens with one attached hydrogen (secondary N) is 1. The Hall–Kier alpha value is -2.56. The maximum Gasteiger partial charge on any atom is 0.292 e. The summed E-state index contributed by atoms with van der Waals surface area (Å²) in [6.07, 6.45) is 0. The topological polar surface area (TPSA) is 68.3 Å². The molecule has 114 valence electrons. The summed E-state index contributed by atoms with van der Waals surface area (Å²) in [5, 5.41) is 7.46. The Labute approximate surface area is 128 Å². The predicted molar refractivity (Wildman–Crippen MR) is 84.1 cm³/mol. The zero-order chi connectivity index (χ0) is 15.9. The molecule has 3 aromatic rings. The lowest BCUT2D eigenvalue weighted by atomic mass is 9.93. The van der Waals surface area contributed by atoms with Crippen LogP contribution in [0.4, 0.5) is 5.82 Å². The fourth-order valence-electron chi connectivity index (χ4n) is 2.14. The summed E-state index contributed by atoms with van der Waals surface area (Å²) < 4.78 is 10.8. The van der Waals surface area contributed by atoms with Crippen LogP contribution >= 0.6 is 0 Å². The molecule has 0 aliphatic heterocycles. The third-order valence-corrected chi connectivity index (χ3v) is 3.39. The van der Waals surface area contributed by atoms with Gasteiger partial charge in [0.05, 0.1) is 0 Å². The molecule has 0 radical (unpaired) electrons. The molecular formula is C17H18N2O3. The zero-order valence-electron chi connectivity index (χ0n) is 13.1. The highest BCUT2D eigenvalue weighted by atomic mass is 16.5. The van der Waals surface area contributed by atoms with E-state index in [-0.39, 0.29) is 17.1 Å². The lowest BCUT2D eigenvalue weighted by molar-refractivity contribution is 0.0998. The molecule has 1 aromatic carbocycles. The third kappa shape index (κ3) is 2.74. The van der Waals surface area contributed by atoms with E-state index >= 15 is 0 Å². The minimum absolute atomic E-state index is 0.160. The van der Waals surface area contributed by atoms with Crippen molar-refractivity contribution in [1.29, 1.82) is 0 Å². The number of anilines is 1. The van der Waals surface area contributed by atoms with E-state index < -0.39 is 0 Å². The highest BCUT2D eigenvalue weighted by molar-refractivity contribution is 6.04. The lowest BCUT2D eigenvalue weighted by Gasteiger charge is -2.11. The van der Waals surface area contributed by atoms with Gasteiger partial charge in [0.1, 0.15) is 11.3 Å². The van der Waals surface area contributed by atoms with E-state index in [1.807, 2.05) is 45.9 Å². The number of amides is 1. The first-order chi connectivity index (χ1) is 10.3. The molecule has 0 atom stereocenters. The van der Waals surface area contributed by atoms with Crippen molar-refractivity contribution in [2.75, 3.05) is 5.32 Å². The number of aromatic nitrogens is 1. The van der Waals surface area contributed by atoms with Gasteiger partial charge in [-0.2, -0.15) is 0 Å². The standard InChI is InChI=1S/C17H18N2O3/c1-10-5-6-12-11(7-10)8-13(21-12)16(20)18-15-9-14(22-19-15)17(2,3)4/h5-9H,1-4H3,(H,18,19,20). The van der Waals surface area contributed by atoms with Crippen molar-refractivity contribution in [2.24, 2.45) is 0 Å². The number of aryl methyl sites for hydroxylation is 1. The van der Waals surface area contributed by atoms with Crippen LogP contribution in [-0.2, 0) is 5.41 Å². The molecule has 2 aromatic heterocycles. The van der Waals surface area contributed by atoms with Crippen molar-refractivity contribution in [3.8, 4) is 0 Å². The van der Waals surface area contributed by atoms with Gasteiger partial charge in [0.15, 0.2) is 11.6 Å². The van der Waals surface area contributed by atoms with E-state index in [0.717, 1.165) is 10.9 Å². The molecule has 0 fully saturated rings. The quantitative estimate of drug-likeness (QED) is 0.766. The molecule has 2 heterocycles. The number of nitrogens with zero attached hydrogens (tertiary/aromatic N) is 1. The summed E-state index contributed by atoms with van der Waals surface area (Å²) in [5.74, 6) is 0.998. The minimum Gasteiger partial charge on any atom is -0.451 e. The molecular weight excluding hydrogens is 280 g/mol. The lowest BCUT2D eigenvalue weighted by Crippen LogP contribution is -2.11. The molecule has 0 unspecified atom stereocenters. The molecule has 0 spiro atoms. The number of hydrogen-bond donors (Lipinski definition) is 1. The largest absolute Gasteiger partial charge is 0.451 e. The first kappa shape index (κ1) is 14.4. The Bertz CT molecular complexity index is 837. The highest BCUT2D eigenvalue weighted by Gasteiger charge is 2.21. The van der Waals surface area contributed by atoms with Gasteiger partial charge in [-0.3, -0.25) is 4.79 Å². The van der Waals surface area contributed by atoms with Crippen LogP contribution in [-0.4, -0.2) is 11.1 Å². The molecule has 1 amide bonds. The second kappa shape index (κ2) is 5.02. The summed E-state index contributed by atoms with van der Waals surface area (Å²) in [7, 11) is 0. The molecule has 3 rings (SSSR count). The molecule has 5 nitrogen and oxygen atoms in total. The Kier molecular flexibility index (Phi) is 3.28. The summed E-state index contributed by atoms with van der Waals surface area (Å²) in [6.45, 7) is 8.04. The van der Waals surface area contributed by atoms with Crippen LogP contribution in [0.5, 0.6) is 0 Å². The van der Waals surface area contributed by atoms with Crippen LogP contribution in [0.25, 0.3) is 11.0 Å². The number of carbonyl (C=O) groups is 1. The zero-order valence-corrected chi connectivity index (χ0v) is 13.1. The van der Waals surface area contributed by atoms with Gasteiger partial charge in [-0.25, -0.2) is 0 Å². The van der Waals surface area contributed by atoms with Crippen LogP contribution in [0.3, 0.4) is 0 Å². The van der Waals surface area contributed by atoms with Gasteiger partial charge in [0.25, 0.3) is 5.91 Å². The summed E-state index contributed by atoms with van der Waals surface area (Å²) in [5.41, 5.74) is 1.64. The summed E-state index contributed by atoms with van der Waals surface area (Å²) in [6, 6.07) is 9.23. The van der Waals surface area contributed by atoms with E-state index in [9.17, 15) is 4.79 Å². The van der Waals surface area contributed by atoms with Gasteiger partial charge < -0.3 is 14.3 Å². The molecule has 5 heteroatoms. The van der Waals surface area contributed by atoms with E-state index in [1.165, 1.54) is 0 Å². The Morgan fingerprint density at radius 2 is 1.95 bits per heavy atom. The van der Waals surface area contributed by atoms with Crippen molar-refractivity contribution in [3.05, 3.63) is 47.4 Å². The second-order valence-corrected chi connectivity index (χ2v) is 6.43. The first-order valence-corrected chi connectivity index (χ1v) is 7.12.